The Morgan fingerprint density at radius 3 is 2.95 bits per heavy atom. The molecule has 6 nitrogen and oxygen atoms in total. The predicted octanol–water partition coefficient (Wildman–Crippen LogP) is 1.05. The van der Waals surface area contributed by atoms with Crippen molar-refractivity contribution in [1.29, 1.82) is 0 Å². The van der Waals surface area contributed by atoms with E-state index in [0.29, 0.717) is 6.54 Å². The molecule has 0 aromatic carbocycles. The number of aryl methyl sites for hydroxylation is 1. The molecule has 1 aromatic rings. The quantitative estimate of drug-likeness (QED) is 0.889. The Balaban J connectivity index is 1.90. The highest BCUT2D eigenvalue weighted by Crippen LogP contribution is 2.13. The van der Waals surface area contributed by atoms with Gasteiger partial charge in [0.05, 0.1) is 24.9 Å². The summed E-state index contributed by atoms with van der Waals surface area (Å²) < 4.78 is 7.25. The molecule has 0 bridgehead atoms. The number of nitrogens with one attached hydrogen (secondary N) is 1. The second-order valence-corrected chi connectivity index (χ2v) is 5.16. The lowest BCUT2D eigenvalue weighted by molar-refractivity contribution is 0.112. The first-order valence-electron chi connectivity index (χ1n) is 6.59. The standard InChI is InChI=1S/C13H22N4O2/c1-9-11(7-14-17(9)4)8-16(3)13(18)15-12-5-6-19-10(12)2/h7,10,12H,5-6,8H2,1-4H3,(H,15,18)/t10-,12-/m1/s1. The topological polar surface area (TPSA) is 59.4 Å². The van der Waals surface area contributed by atoms with Crippen molar-refractivity contribution in [1.82, 2.24) is 20.0 Å². The summed E-state index contributed by atoms with van der Waals surface area (Å²) >= 11 is 0. The van der Waals surface area contributed by atoms with Gasteiger partial charge in [-0.05, 0) is 20.3 Å². The van der Waals surface area contributed by atoms with Gasteiger partial charge in [0.15, 0.2) is 0 Å². The fourth-order valence-electron chi connectivity index (χ4n) is 2.22. The van der Waals surface area contributed by atoms with Gasteiger partial charge in [-0.15, -0.1) is 0 Å². The lowest BCUT2D eigenvalue weighted by Gasteiger charge is -2.22. The van der Waals surface area contributed by atoms with Gasteiger partial charge in [0.1, 0.15) is 0 Å². The number of amides is 2. The van der Waals surface area contributed by atoms with Crippen molar-refractivity contribution >= 4 is 6.03 Å². The number of nitrogens with zero attached hydrogens (tertiary/aromatic N) is 3. The minimum Gasteiger partial charge on any atom is -0.376 e. The molecule has 0 unspecified atom stereocenters. The first kappa shape index (κ1) is 13.9. The zero-order valence-corrected chi connectivity index (χ0v) is 12.0. The second kappa shape index (κ2) is 5.61. The second-order valence-electron chi connectivity index (χ2n) is 5.16. The zero-order chi connectivity index (χ0) is 14.0. The lowest BCUT2D eigenvalue weighted by Crippen LogP contribution is -2.45. The van der Waals surface area contributed by atoms with E-state index < -0.39 is 0 Å². The molecule has 2 rings (SSSR count). The van der Waals surface area contributed by atoms with E-state index >= 15 is 0 Å². The molecule has 2 atom stereocenters. The summed E-state index contributed by atoms with van der Waals surface area (Å²) in [6, 6.07) is 0.0514. The fraction of sp³-hybridized carbons (Fsp3) is 0.692. The van der Waals surface area contributed by atoms with Crippen LogP contribution in [0.1, 0.15) is 24.6 Å². The molecular weight excluding hydrogens is 244 g/mol. The minimum atomic E-state index is -0.0643. The molecule has 0 aliphatic carbocycles. The summed E-state index contributed by atoms with van der Waals surface area (Å²) in [7, 11) is 3.69. The number of carbonyl (C=O) groups is 1. The van der Waals surface area contributed by atoms with Crippen molar-refractivity contribution in [3.05, 3.63) is 17.5 Å². The summed E-state index contributed by atoms with van der Waals surface area (Å²) in [6.45, 7) is 5.27. The van der Waals surface area contributed by atoms with E-state index in [4.69, 9.17) is 4.74 Å². The molecule has 1 aliphatic rings. The molecule has 1 saturated heterocycles. The maximum absolute atomic E-state index is 12.1. The number of carbonyl (C=O) groups excluding carboxylic acids is 1. The van der Waals surface area contributed by atoms with Gasteiger partial charge in [0.2, 0.25) is 0 Å². The zero-order valence-electron chi connectivity index (χ0n) is 12.0. The van der Waals surface area contributed by atoms with Crippen molar-refractivity contribution in [3.8, 4) is 0 Å². The van der Waals surface area contributed by atoms with Crippen LogP contribution in [-0.2, 0) is 18.3 Å². The first-order chi connectivity index (χ1) is 8.99. The monoisotopic (exact) mass is 266 g/mol. The molecule has 1 fully saturated rings. The van der Waals surface area contributed by atoms with Crippen LogP contribution in [0.15, 0.2) is 6.20 Å². The molecule has 0 radical (unpaired) electrons. The van der Waals surface area contributed by atoms with Crippen molar-refractivity contribution in [3.63, 3.8) is 0 Å². The molecule has 0 saturated carbocycles. The first-order valence-corrected chi connectivity index (χ1v) is 6.59. The molecule has 2 heterocycles. The van der Waals surface area contributed by atoms with Crippen LogP contribution in [0.4, 0.5) is 4.79 Å². The molecular formula is C13H22N4O2. The van der Waals surface area contributed by atoms with Crippen molar-refractivity contribution in [2.45, 2.75) is 39.0 Å². The van der Waals surface area contributed by atoms with Crippen LogP contribution in [0.3, 0.4) is 0 Å². The van der Waals surface area contributed by atoms with E-state index in [1.54, 1.807) is 18.1 Å². The van der Waals surface area contributed by atoms with Gasteiger partial charge in [0, 0.05) is 32.0 Å². The highest BCUT2D eigenvalue weighted by atomic mass is 16.5. The Kier molecular flexibility index (Phi) is 4.09. The maximum Gasteiger partial charge on any atom is 0.317 e. The summed E-state index contributed by atoms with van der Waals surface area (Å²) in [4.78, 5) is 13.8. The van der Waals surface area contributed by atoms with Crippen LogP contribution in [0.25, 0.3) is 0 Å². The highest BCUT2D eigenvalue weighted by Gasteiger charge is 2.26. The number of hydrogen-bond donors (Lipinski definition) is 1. The van der Waals surface area contributed by atoms with Crippen LogP contribution in [0, 0.1) is 6.92 Å². The van der Waals surface area contributed by atoms with Crippen LogP contribution in [-0.4, -0.2) is 46.5 Å². The van der Waals surface area contributed by atoms with Crippen molar-refractivity contribution in [2.75, 3.05) is 13.7 Å². The normalized spacial score (nSPS) is 22.5. The minimum absolute atomic E-state index is 0.0643. The molecule has 106 valence electrons. The van der Waals surface area contributed by atoms with E-state index in [9.17, 15) is 4.79 Å². The third-order valence-electron chi connectivity index (χ3n) is 3.78. The Bertz CT molecular complexity index is 457. The van der Waals surface area contributed by atoms with E-state index in [-0.39, 0.29) is 18.2 Å². The Hall–Kier alpha value is -1.56. The fourth-order valence-corrected chi connectivity index (χ4v) is 2.22. The third kappa shape index (κ3) is 3.07. The van der Waals surface area contributed by atoms with Gasteiger partial charge in [-0.25, -0.2) is 4.79 Å². The van der Waals surface area contributed by atoms with Crippen molar-refractivity contribution in [2.24, 2.45) is 7.05 Å². The average molecular weight is 266 g/mol. The van der Waals surface area contributed by atoms with Crippen LogP contribution in [0.2, 0.25) is 0 Å². The average Bonchev–Trinajstić information content (AvgIpc) is 2.90. The summed E-state index contributed by atoms with van der Waals surface area (Å²) in [5.74, 6) is 0. The summed E-state index contributed by atoms with van der Waals surface area (Å²) in [5.41, 5.74) is 2.15. The molecule has 1 aromatic heterocycles. The van der Waals surface area contributed by atoms with E-state index in [1.807, 2.05) is 25.6 Å². The number of ether oxygens (including phenoxy) is 1. The molecule has 1 aliphatic heterocycles. The molecule has 0 spiro atoms. The largest absolute Gasteiger partial charge is 0.376 e. The third-order valence-corrected chi connectivity index (χ3v) is 3.78. The predicted molar refractivity (Wildman–Crippen MR) is 71.8 cm³/mol. The van der Waals surface area contributed by atoms with Crippen LogP contribution < -0.4 is 5.32 Å². The van der Waals surface area contributed by atoms with Gasteiger partial charge in [-0.3, -0.25) is 4.68 Å². The lowest BCUT2D eigenvalue weighted by atomic mass is 10.1. The van der Waals surface area contributed by atoms with Gasteiger partial charge >= 0.3 is 6.03 Å². The van der Waals surface area contributed by atoms with E-state index in [0.717, 1.165) is 24.3 Å². The number of aromatic nitrogens is 2. The molecule has 6 heteroatoms. The Morgan fingerprint density at radius 2 is 2.42 bits per heavy atom. The molecule has 2 amide bonds. The highest BCUT2D eigenvalue weighted by molar-refractivity contribution is 5.74. The van der Waals surface area contributed by atoms with Gasteiger partial charge in [-0.2, -0.15) is 5.10 Å². The SMILES string of the molecule is Cc1c(CN(C)C(=O)N[C@@H]2CCO[C@@H]2C)cnn1C. The summed E-state index contributed by atoms with van der Waals surface area (Å²) in [5, 5.41) is 7.19. The maximum atomic E-state index is 12.1. The number of rotatable bonds is 3. The van der Waals surface area contributed by atoms with Crippen molar-refractivity contribution < 1.29 is 9.53 Å². The van der Waals surface area contributed by atoms with Crippen LogP contribution >= 0.6 is 0 Å². The summed E-state index contributed by atoms with van der Waals surface area (Å²) in [6.07, 6.45) is 2.78. The van der Waals surface area contributed by atoms with Gasteiger partial charge in [-0.1, -0.05) is 0 Å². The van der Waals surface area contributed by atoms with Crippen LogP contribution in [0.5, 0.6) is 0 Å². The van der Waals surface area contributed by atoms with Gasteiger partial charge in [0.25, 0.3) is 0 Å². The smallest absolute Gasteiger partial charge is 0.317 e. The van der Waals surface area contributed by atoms with Gasteiger partial charge < -0.3 is 15.0 Å². The van der Waals surface area contributed by atoms with E-state index in [2.05, 4.69) is 10.4 Å². The molecule has 19 heavy (non-hydrogen) atoms. The van der Waals surface area contributed by atoms with E-state index in [1.165, 1.54) is 0 Å². The number of hydrogen-bond acceptors (Lipinski definition) is 3. The Labute approximate surface area is 113 Å². The Morgan fingerprint density at radius 1 is 1.68 bits per heavy atom. The number of urea groups is 1. The molecule has 1 N–H and O–H groups in total.